The Morgan fingerprint density at radius 1 is 1.50 bits per heavy atom. The largest absolute Gasteiger partial charge is 0.348 e. The molecule has 5 unspecified atom stereocenters. The second kappa shape index (κ2) is 1.75. The molecule has 68 valence electrons. The summed E-state index contributed by atoms with van der Waals surface area (Å²) in [6.07, 6.45) is 3.09. The lowest BCUT2D eigenvalue weighted by Crippen LogP contribution is -2.82. The van der Waals surface area contributed by atoms with Crippen LogP contribution in [0, 0.1) is 28.6 Å². The van der Waals surface area contributed by atoms with Gasteiger partial charge in [0.05, 0.1) is 13.6 Å². The molecule has 3 fully saturated rings. The number of rotatable bonds is 2. The van der Waals surface area contributed by atoms with Crippen LogP contribution in [0.3, 0.4) is 0 Å². The van der Waals surface area contributed by atoms with E-state index in [4.69, 9.17) is 0 Å². The maximum atomic E-state index is 2.55. The number of quaternary nitrogens is 1. The van der Waals surface area contributed by atoms with Crippen molar-refractivity contribution in [2.75, 3.05) is 13.6 Å². The van der Waals surface area contributed by atoms with E-state index in [2.05, 4.69) is 26.2 Å². The van der Waals surface area contributed by atoms with Crippen LogP contribution in [0.15, 0.2) is 0 Å². The molecule has 0 aliphatic heterocycles. The molecule has 0 bridgehead atoms. The Morgan fingerprint density at radius 2 is 2.25 bits per heavy atom. The molecule has 0 spiro atoms. The number of fused-ring (bicyclic) bond motifs is 3. The van der Waals surface area contributed by atoms with Crippen molar-refractivity contribution in [1.29, 1.82) is 0 Å². The van der Waals surface area contributed by atoms with Gasteiger partial charge in [-0.25, -0.2) is 0 Å². The summed E-state index contributed by atoms with van der Waals surface area (Å²) >= 11 is 0. The topological polar surface area (TPSA) is 16.6 Å². The number of hydrogen-bond donors (Lipinski definition) is 1. The summed E-state index contributed by atoms with van der Waals surface area (Å²) in [5.41, 5.74) is 1.55. The molecule has 0 heterocycles. The monoisotopic (exact) mass is 166 g/mol. The minimum atomic E-state index is 0.773. The molecule has 5 atom stereocenters. The fourth-order valence-corrected chi connectivity index (χ4v) is 4.56. The molecule has 3 aliphatic rings. The van der Waals surface area contributed by atoms with Gasteiger partial charge in [-0.2, -0.15) is 0 Å². The maximum Gasteiger partial charge on any atom is 0.0818 e. The van der Waals surface area contributed by atoms with E-state index in [1.165, 1.54) is 13.0 Å². The van der Waals surface area contributed by atoms with Crippen LogP contribution in [0.1, 0.15) is 26.7 Å². The van der Waals surface area contributed by atoms with E-state index in [0.717, 1.165) is 28.6 Å². The molecule has 0 amide bonds. The van der Waals surface area contributed by atoms with Crippen LogP contribution in [0.4, 0.5) is 0 Å². The van der Waals surface area contributed by atoms with Gasteiger partial charge in [0, 0.05) is 5.41 Å². The van der Waals surface area contributed by atoms with Crippen molar-refractivity contribution >= 4 is 0 Å². The average molecular weight is 166 g/mol. The molecular weight excluding hydrogens is 146 g/mol. The van der Waals surface area contributed by atoms with Crippen LogP contribution in [-0.2, 0) is 0 Å². The zero-order chi connectivity index (χ0) is 8.56. The second-order valence-corrected chi connectivity index (χ2v) is 5.66. The Bertz CT molecular complexity index is 233. The number of nitrogens with two attached hydrogens (primary N) is 1. The summed E-state index contributed by atoms with van der Waals surface area (Å²) < 4.78 is 0. The van der Waals surface area contributed by atoms with Crippen molar-refractivity contribution in [3.05, 3.63) is 0 Å². The molecule has 0 saturated heterocycles. The molecule has 1 heteroatoms. The van der Waals surface area contributed by atoms with Crippen LogP contribution in [-0.4, -0.2) is 13.6 Å². The smallest absolute Gasteiger partial charge is 0.0818 e. The highest BCUT2D eigenvalue weighted by molar-refractivity contribution is 5.29. The van der Waals surface area contributed by atoms with Crippen molar-refractivity contribution in [1.82, 2.24) is 0 Å². The second-order valence-electron chi connectivity index (χ2n) is 5.66. The van der Waals surface area contributed by atoms with Gasteiger partial charge >= 0.3 is 0 Å². The molecular formula is C11H20N+. The first-order chi connectivity index (χ1) is 5.66. The summed E-state index contributed by atoms with van der Waals surface area (Å²) in [6, 6.07) is 0. The van der Waals surface area contributed by atoms with Crippen molar-refractivity contribution in [3.63, 3.8) is 0 Å². The Morgan fingerprint density at radius 3 is 2.75 bits per heavy atom. The summed E-state index contributed by atoms with van der Waals surface area (Å²) in [5, 5.41) is 2.40. The van der Waals surface area contributed by atoms with Gasteiger partial charge in [0.25, 0.3) is 0 Å². The van der Waals surface area contributed by atoms with E-state index >= 15 is 0 Å². The van der Waals surface area contributed by atoms with Crippen LogP contribution in [0.5, 0.6) is 0 Å². The van der Waals surface area contributed by atoms with Gasteiger partial charge < -0.3 is 5.32 Å². The molecule has 0 aromatic carbocycles. The normalized spacial score (nSPS) is 65.8. The number of hydrogen-bond acceptors (Lipinski definition) is 0. The highest BCUT2D eigenvalue weighted by Gasteiger charge is 2.82. The van der Waals surface area contributed by atoms with E-state index in [1.54, 1.807) is 6.42 Å². The zero-order valence-electron chi connectivity index (χ0n) is 8.43. The van der Waals surface area contributed by atoms with E-state index in [0.29, 0.717) is 0 Å². The van der Waals surface area contributed by atoms with Crippen LogP contribution in [0.25, 0.3) is 0 Å². The average Bonchev–Trinajstić information content (AvgIpc) is 2.83. The van der Waals surface area contributed by atoms with Crippen molar-refractivity contribution in [2.24, 2.45) is 28.6 Å². The molecule has 0 aromatic heterocycles. The van der Waals surface area contributed by atoms with Crippen molar-refractivity contribution in [2.45, 2.75) is 26.7 Å². The summed E-state index contributed by atoms with van der Waals surface area (Å²) in [6.45, 7) is 6.44. The predicted octanol–water partition coefficient (Wildman–Crippen LogP) is 0.862. The molecule has 3 rings (SSSR count). The fourth-order valence-electron chi connectivity index (χ4n) is 4.56. The van der Waals surface area contributed by atoms with Crippen LogP contribution < -0.4 is 5.32 Å². The lowest BCUT2D eigenvalue weighted by molar-refractivity contribution is -0.637. The van der Waals surface area contributed by atoms with Crippen LogP contribution >= 0.6 is 0 Å². The lowest BCUT2D eigenvalue weighted by atomic mass is 9.85. The maximum absolute atomic E-state index is 2.55. The third-order valence-electron chi connectivity index (χ3n) is 5.44. The first kappa shape index (κ1) is 7.37. The molecule has 12 heavy (non-hydrogen) atoms. The van der Waals surface area contributed by atoms with Crippen LogP contribution in [0.2, 0.25) is 0 Å². The zero-order valence-corrected chi connectivity index (χ0v) is 8.43. The molecule has 3 saturated carbocycles. The highest BCUT2D eigenvalue weighted by Crippen LogP contribution is 2.86. The fraction of sp³-hybridized carbons (Fsp3) is 1.00. The summed E-state index contributed by atoms with van der Waals surface area (Å²) in [5.74, 6) is 3.29. The third-order valence-corrected chi connectivity index (χ3v) is 5.44. The summed E-state index contributed by atoms with van der Waals surface area (Å²) in [7, 11) is 2.23. The van der Waals surface area contributed by atoms with E-state index < -0.39 is 0 Å². The SMILES string of the molecule is C[NH2+]CC12CC1(C)C1CC1C2C. The Labute approximate surface area is 74.9 Å². The van der Waals surface area contributed by atoms with E-state index in [9.17, 15) is 0 Å². The first-order valence-electron chi connectivity index (χ1n) is 5.43. The van der Waals surface area contributed by atoms with Crippen molar-refractivity contribution in [3.8, 4) is 0 Å². The van der Waals surface area contributed by atoms with Gasteiger partial charge in [-0.15, -0.1) is 0 Å². The van der Waals surface area contributed by atoms with Gasteiger partial charge in [0.15, 0.2) is 0 Å². The quantitative estimate of drug-likeness (QED) is 0.626. The Kier molecular flexibility index (Phi) is 1.07. The van der Waals surface area contributed by atoms with Gasteiger partial charge in [0.1, 0.15) is 0 Å². The lowest BCUT2D eigenvalue weighted by Gasteiger charge is -2.21. The minimum Gasteiger partial charge on any atom is -0.348 e. The minimum absolute atomic E-state index is 0.773. The van der Waals surface area contributed by atoms with Gasteiger partial charge in [-0.1, -0.05) is 13.8 Å². The van der Waals surface area contributed by atoms with Gasteiger partial charge in [0.2, 0.25) is 0 Å². The first-order valence-corrected chi connectivity index (χ1v) is 5.43. The predicted molar refractivity (Wildman–Crippen MR) is 48.6 cm³/mol. The third kappa shape index (κ3) is 0.527. The molecule has 1 nitrogen and oxygen atoms in total. The molecule has 3 aliphatic carbocycles. The van der Waals surface area contributed by atoms with Gasteiger partial charge in [-0.3, -0.25) is 0 Å². The highest BCUT2D eigenvalue weighted by atomic mass is 14.9. The standard InChI is InChI=1S/C11H19N/c1-7-8-4-9(8)10(2)5-11(7,10)6-12-3/h7-9,12H,4-6H2,1-3H3/p+1. The Balaban J connectivity index is 1.91. The molecule has 0 aromatic rings. The molecule has 0 radical (unpaired) electrons. The van der Waals surface area contributed by atoms with Gasteiger partial charge in [-0.05, 0) is 36.0 Å². The van der Waals surface area contributed by atoms with E-state index in [-0.39, 0.29) is 0 Å². The van der Waals surface area contributed by atoms with E-state index in [1.807, 2.05) is 0 Å². The summed E-state index contributed by atoms with van der Waals surface area (Å²) in [4.78, 5) is 0. The Hall–Kier alpha value is -0.0400. The molecule has 2 N–H and O–H groups in total. The van der Waals surface area contributed by atoms with Crippen molar-refractivity contribution < 1.29 is 5.32 Å².